The standard InChI is InChI=1S/C27H26ClFN2O3/c1-16(2)33-25-13-12-20(15-24(25)29)30-26-23(14-18-8-10-19(28)11-9-18)21-6-4-5-7-22(21)27(31-26)34-17(3)32/h4-13,15-17,32H,14H2,1-3H3,(H,30,31). The van der Waals surface area contributed by atoms with Gasteiger partial charge in [-0.3, -0.25) is 0 Å². The van der Waals surface area contributed by atoms with Crippen LogP contribution in [0.2, 0.25) is 5.02 Å². The molecule has 4 rings (SSSR count). The van der Waals surface area contributed by atoms with Gasteiger partial charge < -0.3 is 19.9 Å². The molecule has 0 aliphatic heterocycles. The maximum absolute atomic E-state index is 14.6. The Kier molecular flexibility index (Phi) is 7.20. The third-order valence-electron chi connectivity index (χ3n) is 5.12. The molecule has 0 amide bonds. The van der Waals surface area contributed by atoms with Crippen molar-refractivity contribution in [2.45, 2.75) is 39.6 Å². The Bertz CT molecular complexity index is 1290. The van der Waals surface area contributed by atoms with Gasteiger partial charge in [-0.15, -0.1) is 0 Å². The molecule has 0 saturated carbocycles. The van der Waals surface area contributed by atoms with Crippen LogP contribution in [0, 0.1) is 5.82 Å². The van der Waals surface area contributed by atoms with Crippen molar-refractivity contribution in [2.24, 2.45) is 0 Å². The largest absolute Gasteiger partial charge is 0.488 e. The number of hydrogen-bond donors (Lipinski definition) is 2. The summed E-state index contributed by atoms with van der Waals surface area (Å²) in [6, 6.07) is 20.0. The topological polar surface area (TPSA) is 63.6 Å². The molecule has 0 aliphatic carbocycles. The summed E-state index contributed by atoms with van der Waals surface area (Å²) in [7, 11) is 0. The summed E-state index contributed by atoms with van der Waals surface area (Å²) >= 11 is 6.07. The van der Waals surface area contributed by atoms with Gasteiger partial charge in [-0.2, -0.15) is 4.98 Å². The molecule has 0 saturated heterocycles. The number of benzene rings is 3. The van der Waals surface area contributed by atoms with Gasteiger partial charge in [0.1, 0.15) is 5.82 Å². The van der Waals surface area contributed by atoms with Crippen LogP contribution in [-0.4, -0.2) is 22.5 Å². The summed E-state index contributed by atoms with van der Waals surface area (Å²) in [5.74, 6) is 0.500. The molecule has 5 nitrogen and oxygen atoms in total. The van der Waals surface area contributed by atoms with Gasteiger partial charge in [-0.1, -0.05) is 41.9 Å². The molecule has 3 aromatic carbocycles. The fourth-order valence-electron chi connectivity index (χ4n) is 3.69. The molecule has 0 bridgehead atoms. The Morgan fingerprint density at radius 1 is 0.971 bits per heavy atom. The van der Waals surface area contributed by atoms with Gasteiger partial charge in [0.05, 0.1) is 6.10 Å². The lowest BCUT2D eigenvalue weighted by Gasteiger charge is -2.19. The van der Waals surface area contributed by atoms with Gasteiger partial charge in [0.2, 0.25) is 5.88 Å². The summed E-state index contributed by atoms with van der Waals surface area (Å²) in [4.78, 5) is 4.68. The SMILES string of the molecule is CC(C)Oc1ccc(Nc2nc(OC(C)O)c3ccccc3c2Cc2ccc(Cl)cc2)cc1F. The van der Waals surface area contributed by atoms with Crippen molar-refractivity contribution in [1.82, 2.24) is 4.98 Å². The molecule has 1 aromatic heterocycles. The lowest BCUT2D eigenvalue weighted by Crippen LogP contribution is -2.12. The van der Waals surface area contributed by atoms with Crippen molar-refractivity contribution in [3.8, 4) is 11.6 Å². The van der Waals surface area contributed by atoms with Crippen LogP contribution >= 0.6 is 11.6 Å². The molecule has 1 atom stereocenters. The van der Waals surface area contributed by atoms with Gasteiger partial charge in [-0.25, -0.2) is 4.39 Å². The van der Waals surface area contributed by atoms with Gasteiger partial charge >= 0.3 is 0 Å². The zero-order valence-electron chi connectivity index (χ0n) is 19.2. The molecule has 1 unspecified atom stereocenters. The van der Waals surface area contributed by atoms with E-state index in [1.54, 1.807) is 12.1 Å². The van der Waals surface area contributed by atoms with Gasteiger partial charge in [-0.05, 0) is 62.1 Å². The number of hydrogen-bond acceptors (Lipinski definition) is 5. The number of halogens is 2. The monoisotopic (exact) mass is 480 g/mol. The second-order valence-electron chi connectivity index (χ2n) is 8.25. The number of ether oxygens (including phenoxy) is 2. The third-order valence-corrected chi connectivity index (χ3v) is 5.37. The number of pyridine rings is 1. The fraction of sp³-hybridized carbons (Fsp3) is 0.222. The number of aliphatic hydroxyl groups excluding tert-OH is 1. The highest BCUT2D eigenvalue weighted by atomic mass is 35.5. The quantitative estimate of drug-likeness (QED) is 0.269. The average molecular weight is 481 g/mol. The smallest absolute Gasteiger partial charge is 0.225 e. The maximum atomic E-state index is 14.6. The molecule has 7 heteroatoms. The molecule has 0 aliphatic rings. The van der Waals surface area contributed by atoms with Crippen LogP contribution in [0.1, 0.15) is 31.9 Å². The second kappa shape index (κ2) is 10.3. The van der Waals surface area contributed by atoms with E-state index in [-0.39, 0.29) is 17.7 Å². The van der Waals surface area contributed by atoms with E-state index in [1.807, 2.05) is 62.4 Å². The number of fused-ring (bicyclic) bond motifs is 1. The number of anilines is 2. The first-order chi connectivity index (χ1) is 16.3. The van der Waals surface area contributed by atoms with Crippen molar-refractivity contribution in [3.63, 3.8) is 0 Å². The summed E-state index contributed by atoms with van der Waals surface area (Å²) in [6.45, 7) is 5.21. The molecule has 176 valence electrons. The zero-order chi connectivity index (χ0) is 24.2. The molecule has 34 heavy (non-hydrogen) atoms. The van der Waals surface area contributed by atoms with Gasteiger partial charge in [0.15, 0.2) is 17.9 Å². The molecule has 1 heterocycles. The first kappa shape index (κ1) is 23.8. The van der Waals surface area contributed by atoms with E-state index in [4.69, 9.17) is 21.1 Å². The van der Waals surface area contributed by atoms with E-state index in [9.17, 15) is 9.50 Å². The Hall–Kier alpha value is -3.35. The van der Waals surface area contributed by atoms with Crippen LogP contribution < -0.4 is 14.8 Å². The summed E-state index contributed by atoms with van der Waals surface area (Å²) in [6.07, 6.45) is -0.628. The van der Waals surface area contributed by atoms with Crippen LogP contribution in [0.5, 0.6) is 11.6 Å². The number of nitrogens with one attached hydrogen (secondary N) is 1. The molecule has 0 fully saturated rings. The molecular weight excluding hydrogens is 455 g/mol. The summed E-state index contributed by atoms with van der Waals surface area (Å²) < 4.78 is 25.8. The lowest BCUT2D eigenvalue weighted by molar-refractivity contribution is -0.00231. The number of nitrogens with zero attached hydrogens (tertiary/aromatic N) is 1. The first-order valence-corrected chi connectivity index (χ1v) is 11.4. The highest BCUT2D eigenvalue weighted by Crippen LogP contribution is 2.35. The van der Waals surface area contributed by atoms with E-state index in [0.29, 0.717) is 22.9 Å². The molecular formula is C27H26ClFN2O3. The number of aliphatic hydroxyl groups is 1. The lowest BCUT2D eigenvalue weighted by atomic mass is 9.99. The van der Waals surface area contributed by atoms with Gasteiger partial charge in [0.25, 0.3) is 0 Å². The van der Waals surface area contributed by atoms with Crippen LogP contribution in [-0.2, 0) is 6.42 Å². The normalized spacial score (nSPS) is 12.1. The van der Waals surface area contributed by atoms with Crippen LogP contribution in [0.4, 0.5) is 15.9 Å². The fourth-order valence-corrected chi connectivity index (χ4v) is 3.82. The van der Waals surface area contributed by atoms with Gasteiger partial charge in [0, 0.05) is 34.1 Å². The van der Waals surface area contributed by atoms with Crippen LogP contribution in [0.3, 0.4) is 0 Å². The minimum absolute atomic E-state index is 0.137. The first-order valence-electron chi connectivity index (χ1n) is 11.0. The number of aromatic nitrogens is 1. The minimum atomic E-state index is -1.05. The minimum Gasteiger partial charge on any atom is -0.488 e. The van der Waals surface area contributed by atoms with Crippen molar-refractivity contribution in [1.29, 1.82) is 0 Å². The van der Waals surface area contributed by atoms with Crippen molar-refractivity contribution >= 4 is 33.9 Å². The molecule has 0 radical (unpaired) electrons. The van der Waals surface area contributed by atoms with E-state index < -0.39 is 12.1 Å². The van der Waals surface area contributed by atoms with Crippen molar-refractivity contribution in [3.05, 3.63) is 88.7 Å². The highest BCUT2D eigenvalue weighted by Gasteiger charge is 2.17. The van der Waals surface area contributed by atoms with E-state index >= 15 is 0 Å². The van der Waals surface area contributed by atoms with E-state index in [2.05, 4.69) is 10.3 Å². The van der Waals surface area contributed by atoms with E-state index in [1.165, 1.54) is 13.0 Å². The number of rotatable bonds is 8. The average Bonchev–Trinajstić information content (AvgIpc) is 2.79. The zero-order valence-corrected chi connectivity index (χ0v) is 19.9. The second-order valence-corrected chi connectivity index (χ2v) is 8.68. The Labute approximate surface area is 203 Å². The Morgan fingerprint density at radius 2 is 1.68 bits per heavy atom. The van der Waals surface area contributed by atoms with Crippen LogP contribution in [0.15, 0.2) is 66.7 Å². The predicted octanol–water partition coefficient (Wildman–Crippen LogP) is 6.87. The molecule has 2 N–H and O–H groups in total. The van der Waals surface area contributed by atoms with E-state index in [0.717, 1.165) is 21.9 Å². The van der Waals surface area contributed by atoms with Crippen molar-refractivity contribution < 1.29 is 19.0 Å². The maximum Gasteiger partial charge on any atom is 0.225 e. The third kappa shape index (κ3) is 5.58. The molecule has 0 spiro atoms. The predicted molar refractivity (Wildman–Crippen MR) is 134 cm³/mol. The Balaban J connectivity index is 1.81. The van der Waals surface area contributed by atoms with Crippen molar-refractivity contribution in [2.75, 3.05) is 5.32 Å². The summed E-state index contributed by atoms with van der Waals surface area (Å²) in [5.41, 5.74) is 2.45. The summed E-state index contributed by atoms with van der Waals surface area (Å²) in [5, 5.41) is 15.4. The molecule has 4 aromatic rings. The van der Waals surface area contributed by atoms with Crippen LogP contribution in [0.25, 0.3) is 10.8 Å². The Morgan fingerprint density at radius 3 is 2.32 bits per heavy atom. The highest BCUT2D eigenvalue weighted by molar-refractivity contribution is 6.30.